The van der Waals surface area contributed by atoms with Crippen molar-refractivity contribution in [3.8, 4) is 0 Å². The monoisotopic (exact) mass is 317 g/mol. The number of hydrogen-bond acceptors (Lipinski definition) is 5. The zero-order chi connectivity index (χ0) is 15.5. The Labute approximate surface area is 127 Å². The van der Waals surface area contributed by atoms with Gasteiger partial charge in [-0.3, -0.25) is 9.69 Å². The van der Waals surface area contributed by atoms with E-state index in [1.807, 2.05) is 0 Å². The summed E-state index contributed by atoms with van der Waals surface area (Å²) in [5.41, 5.74) is 5.92. The molecule has 0 aromatic heterocycles. The zero-order valence-electron chi connectivity index (χ0n) is 12.8. The fourth-order valence-corrected chi connectivity index (χ4v) is 5.01. The average molecular weight is 317 g/mol. The molecule has 1 atom stereocenters. The van der Waals surface area contributed by atoms with Crippen LogP contribution in [0.25, 0.3) is 0 Å². The molecule has 1 aliphatic heterocycles. The smallest absolute Gasteiger partial charge is 0.234 e. The molecule has 0 bridgehead atoms. The highest BCUT2D eigenvalue weighted by molar-refractivity contribution is 7.91. The van der Waals surface area contributed by atoms with Gasteiger partial charge in [0.2, 0.25) is 5.91 Å². The van der Waals surface area contributed by atoms with Gasteiger partial charge >= 0.3 is 0 Å². The summed E-state index contributed by atoms with van der Waals surface area (Å²) in [5, 5.41) is 2.86. The van der Waals surface area contributed by atoms with Crippen molar-refractivity contribution in [1.82, 2.24) is 10.2 Å². The fraction of sp³-hybridized carbons (Fsp3) is 0.929. The molecular weight excluding hydrogens is 290 g/mol. The first-order valence-electron chi connectivity index (χ1n) is 7.89. The van der Waals surface area contributed by atoms with E-state index in [1.165, 1.54) is 0 Å². The van der Waals surface area contributed by atoms with Gasteiger partial charge in [-0.2, -0.15) is 0 Å². The fourth-order valence-electron chi connectivity index (χ4n) is 3.33. The zero-order valence-corrected chi connectivity index (χ0v) is 13.6. The molecule has 1 unspecified atom stereocenters. The van der Waals surface area contributed by atoms with Crippen molar-refractivity contribution in [2.75, 3.05) is 24.6 Å². The molecule has 3 N–H and O–H groups in total. The molecule has 1 amide bonds. The molecule has 1 aliphatic carbocycles. The Morgan fingerprint density at radius 2 is 1.90 bits per heavy atom. The van der Waals surface area contributed by atoms with Gasteiger partial charge in [0.05, 0.1) is 18.1 Å². The number of nitrogens with zero attached hydrogens (tertiary/aromatic N) is 1. The third kappa shape index (κ3) is 4.93. The maximum Gasteiger partial charge on any atom is 0.234 e. The van der Waals surface area contributed by atoms with Crippen LogP contribution in [0.5, 0.6) is 0 Å². The van der Waals surface area contributed by atoms with Gasteiger partial charge in [-0.1, -0.05) is 6.92 Å². The van der Waals surface area contributed by atoms with E-state index in [2.05, 4.69) is 17.1 Å². The first-order valence-corrected chi connectivity index (χ1v) is 9.71. The number of nitrogens with two attached hydrogens (primary N) is 1. The molecule has 21 heavy (non-hydrogen) atoms. The van der Waals surface area contributed by atoms with Crippen LogP contribution in [0.3, 0.4) is 0 Å². The summed E-state index contributed by atoms with van der Waals surface area (Å²) in [6, 6.07) is 0.520. The lowest BCUT2D eigenvalue weighted by Crippen LogP contribution is -2.47. The molecule has 2 fully saturated rings. The molecule has 6 nitrogen and oxygen atoms in total. The molecule has 2 aliphatic rings. The van der Waals surface area contributed by atoms with E-state index in [-0.39, 0.29) is 23.5 Å². The lowest BCUT2D eigenvalue weighted by atomic mass is 9.90. The van der Waals surface area contributed by atoms with Crippen LogP contribution in [0.4, 0.5) is 0 Å². The molecule has 1 saturated heterocycles. The predicted molar refractivity (Wildman–Crippen MR) is 82.7 cm³/mol. The van der Waals surface area contributed by atoms with Crippen LogP contribution in [0, 0.1) is 0 Å². The molecular formula is C14H27N3O3S. The summed E-state index contributed by atoms with van der Waals surface area (Å²) in [4.78, 5) is 14.3. The van der Waals surface area contributed by atoms with Gasteiger partial charge in [0.15, 0.2) is 9.84 Å². The number of nitrogens with one attached hydrogen (secondary N) is 1. The van der Waals surface area contributed by atoms with Gasteiger partial charge in [-0.15, -0.1) is 0 Å². The summed E-state index contributed by atoms with van der Waals surface area (Å²) in [7, 11) is -2.94. The highest BCUT2D eigenvalue weighted by Crippen LogP contribution is 2.21. The molecule has 2 rings (SSSR count). The molecule has 0 aromatic rings. The lowest BCUT2D eigenvalue weighted by Gasteiger charge is -2.35. The van der Waals surface area contributed by atoms with E-state index in [4.69, 9.17) is 5.73 Å². The summed E-state index contributed by atoms with van der Waals surface area (Å²) < 4.78 is 22.8. The molecule has 7 heteroatoms. The Hall–Kier alpha value is -0.660. The van der Waals surface area contributed by atoms with E-state index in [1.54, 1.807) is 0 Å². The Morgan fingerprint density at radius 3 is 2.43 bits per heavy atom. The summed E-state index contributed by atoms with van der Waals surface area (Å²) in [6.07, 6.45) is 4.66. The minimum absolute atomic E-state index is 0.0613. The van der Waals surface area contributed by atoms with Crippen LogP contribution in [0.1, 0.15) is 39.0 Å². The minimum atomic E-state index is -2.94. The van der Waals surface area contributed by atoms with Gasteiger partial charge in [0, 0.05) is 18.1 Å². The average Bonchev–Trinajstić information content (AvgIpc) is 2.76. The van der Waals surface area contributed by atoms with Crippen LogP contribution >= 0.6 is 0 Å². The van der Waals surface area contributed by atoms with Crippen molar-refractivity contribution in [3.63, 3.8) is 0 Å². The third-order valence-corrected chi connectivity index (χ3v) is 6.38. The van der Waals surface area contributed by atoms with Crippen molar-refractivity contribution in [2.45, 2.75) is 57.2 Å². The molecule has 0 spiro atoms. The number of hydrogen-bond donors (Lipinski definition) is 2. The number of rotatable bonds is 5. The minimum Gasteiger partial charge on any atom is -0.351 e. The highest BCUT2D eigenvalue weighted by atomic mass is 32.2. The molecule has 0 aromatic carbocycles. The quantitative estimate of drug-likeness (QED) is 0.737. The molecule has 1 saturated carbocycles. The lowest BCUT2D eigenvalue weighted by molar-refractivity contribution is -0.123. The van der Waals surface area contributed by atoms with Gasteiger partial charge < -0.3 is 11.1 Å². The SMILES string of the molecule is CCN(CC(=O)NC1CCS(=O)(=O)C1)C1CCC(N)CC1. The van der Waals surface area contributed by atoms with Gasteiger partial charge in [-0.05, 0) is 38.6 Å². The van der Waals surface area contributed by atoms with E-state index >= 15 is 0 Å². The van der Waals surface area contributed by atoms with E-state index in [0.29, 0.717) is 25.0 Å². The maximum atomic E-state index is 12.1. The van der Waals surface area contributed by atoms with Gasteiger partial charge in [0.25, 0.3) is 0 Å². The summed E-state index contributed by atoms with van der Waals surface area (Å²) in [6.45, 7) is 3.24. The van der Waals surface area contributed by atoms with Crippen LogP contribution in [0.2, 0.25) is 0 Å². The van der Waals surface area contributed by atoms with Crippen molar-refractivity contribution in [2.24, 2.45) is 5.73 Å². The molecule has 122 valence electrons. The largest absolute Gasteiger partial charge is 0.351 e. The van der Waals surface area contributed by atoms with Crippen LogP contribution in [-0.2, 0) is 14.6 Å². The standard InChI is InChI=1S/C14H27N3O3S/c1-2-17(13-5-3-11(15)4-6-13)9-14(18)16-12-7-8-21(19,20)10-12/h11-13H,2-10,15H2,1H3,(H,16,18). The number of sulfone groups is 1. The van der Waals surface area contributed by atoms with Crippen molar-refractivity contribution >= 4 is 15.7 Å². The number of likely N-dealkylation sites (N-methyl/N-ethyl adjacent to an activating group) is 1. The van der Waals surface area contributed by atoms with Crippen LogP contribution in [-0.4, -0.2) is 61.9 Å². The van der Waals surface area contributed by atoms with E-state index < -0.39 is 9.84 Å². The first kappa shape index (κ1) is 16.7. The summed E-state index contributed by atoms with van der Waals surface area (Å²) in [5.74, 6) is 0.216. The predicted octanol–water partition coefficient (Wildman–Crippen LogP) is -0.118. The van der Waals surface area contributed by atoms with Gasteiger partial charge in [0.1, 0.15) is 0 Å². The van der Waals surface area contributed by atoms with E-state index in [9.17, 15) is 13.2 Å². The Morgan fingerprint density at radius 1 is 1.24 bits per heavy atom. The second kappa shape index (κ2) is 7.07. The Kier molecular flexibility index (Phi) is 5.62. The normalized spacial score (nSPS) is 32.2. The molecule has 0 radical (unpaired) electrons. The van der Waals surface area contributed by atoms with Crippen LogP contribution < -0.4 is 11.1 Å². The van der Waals surface area contributed by atoms with Crippen molar-refractivity contribution in [3.05, 3.63) is 0 Å². The Balaban J connectivity index is 1.80. The number of carbonyl (C=O) groups is 1. The van der Waals surface area contributed by atoms with Crippen molar-refractivity contribution in [1.29, 1.82) is 0 Å². The van der Waals surface area contributed by atoms with E-state index in [0.717, 1.165) is 32.2 Å². The molecule has 1 heterocycles. The second-order valence-electron chi connectivity index (χ2n) is 6.30. The van der Waals surface area contributed by atoms with Crippen LogP contribution in [0.15, 0.2) is 0 Å². The first-order chi connectivity index (χ1) is 9.89. The second-order valence-corrected chi connectivity index (χ2v) is 8.53. The van der Waals surface area contributed by atoms with Gasteiger partial charge in [-0.25, -0.2) is 8.42 Å². The third-order valence-electron chi connectivity index (χ3n) is 4.61. The number of amides is 1. The van der Waals surface area contributed by atoms with Crippen molar-refractivity contribution < 1.29 is 13.2 Å². The topological polar surface area (TPSA) is 92.5 Å². The summed E-state index contributed by atoms with van der Waals surface area (Å²) >= 11 is 0. The number of carbonyl (C=O) groups excluding carboxylic acids is 1. The highest BCUT2D eigenvalue weighted by Gasteiger charge is 2.30. The maximum absolute atomic E-state index is 12.1. The Bertz CT molecular complexity index is 458.